The Kier molecular flexibility index (Phi) is 5.83. The summed E-state index contributed by atoms with van der Waals surface area (Å²) >= 11 is 4.92. The van der Waals surface area contributed by atoms with Gasteiger partial charge in [0.1, 0.15) is 0 Å². The van der Waals surface area contributed by atoms with Gasteiger partial charge in [-0.15, -0.1) is 0 Å². The second kappa shape index (κ2) is 7.39. The number of nitrogens with one attached hydrogen (secondary N) is 2. The number of ether oxygens (including phenoxy) is 1. The minimum absolute atomic E-state index is 0.238. The number of hydrogen-bond acceptors (Lipinski definition) is 6. The van der Waals surface area contributed by atoms with E-state index in [2.05, 4.69) is 15.8 Å². The lowest BCUT2D eigenvalue weighted by molar-refractivity contribution is 0.204. The lowest BCUT2D eigenvalue weighted by Crippen LogP contribution is -2.34. The first kappa shape index (κ1) is 15.0. The van der Waals surface area contributed by atoms with Gasteiger partial charge in [-0.05, 0) is 24.4 Å². The topological polar surface area (TPSA) is 106 Å². The summed E-state index contributed by atoms with van der Waals surface area (Å²) in [6.45, 7) is 1.06. The van der Waals surface area contributed by atoms with Crippen molar-refractivity contribution in [3.8, 4) is 17.2 Å². The summed E-state index contributed by atoms with van der Waals surface area (Å²) < 4.78 is 4.83. The largest absolute Gasteiger partial charge is 0.504 e. The molecular formula is C11H15N3O4S. The van der Waals surface area contributed by atoms with Crippen molar-refractivity contribution >= 4 is 23.5 Å². The maximum atomic E-state index is 9.52. The van der Waals surface area contributed by atoms with Crippen LogP contribution < -0.4 is 10.7 Å². The molecule has 0 bridgehead atoms. The standard InChI is InChI=1S/C11H15N3O4S/c1-18-5-4-12-11(19)14-13-6-7-2-3-8(15)10(17)9(7)16/h2-3,6,15-17H,4-5H2,1H3,(H2,12,14,19). The van der Waals surface area contributed by atoms with Crippen molar-refractivity contribution in [2.45, 2.75) is 0 Å². The molecule has 0 aliphatic heterocycles. The van der Waals surface area contributed by atoms with Crippen molar-refractivity contribution in [2.24, 2.45) is 5.10 Å². The van der Waals surface area contributed by atoms with E-state index in [1.165, 1.54) is 18.3 Å². The Morgan fingerprint density at radius 2 is 2.11 bits per heavy atom. The number of benzene rings is 1. The van der Waals surface area contributed by atoms with Crippen molar-refractivity contribution in [1.29, 1.82) is 0 Å². The minimum atomic E-state index is -0.593. The summed E-state index contributed by atoms with van der Waals surface area (Å²) in [7, 11) is 1.58. The van der Waals surface area contributed by atoms with E-state index >= 15 is 0 Å². The number of hydrogen-bond donors (Lipinski definition) is 5. The lowest BCUT2D eigenvalue weighted by atomic mass is 10.2. The van der Waals surface area contributed by atoms with Gasteiger partial charge in [0, 0.05) is 19.2 Å². The number of nitrogens with zero attached hydrogens (tertiary/aromatic N) is 1. The molecule has 0 aliphatic carbocycles. The van der Waals surface area contributed by atoms with Crippen LogP contribution in [0.2, 0.25) is 0 Å². The Morgan fingerprint density at radius 1 is 1.37 bits per heavy atom. The number of hydrazone groups is 1. The average molecular weight is 285 g/mol. The maximum Gasteiger partial charge on any atom is 0.200 e. The SMILES string of the molecule is COCCNC(=S)NN=Cc1ccc(O)c(O)c1O. The van der Waals surface area contributed by atoms with Gasteiger partial charge in [-0.2, -0.15) is 5.10 Å². The molecule has 0 aromatic heterocycles. The molecule has 1 aromatic carbocycles. The van der Waals surface area contributed by atoms with Gasteiger partial charge in [-0.3, -0.25) is 5.43 Å². The molecule has 8 heteroatoms. The highest BCUT2D eigenvalue weighted by atomic mass is 32.1. The van der Waals surface area contributed by atoms with Gasteiger partial charge in [-0.25, -0.2) is 0 Å². The van der Waals surface area contributed by atoms with Gasteiger partial charge < -0.3 is 25.4 Å². The van der Waals surface area contributed by atoms with Crippen LogP contribution in [0.3, 0.4) is 0 Å². The van der Waals surface area contributed by atoms with Gasteiger partial charge in [0.15, 0.2) is 16.6 Å². The Morgan fingerprint density at radius 3 is 2.79 bits per heavy atom. The zero-order valence-corrected chi connectivity index (χ0v) is 11.1. The number of methoxy groups -OCH3 is 1. The third-order valence-corrected chi connectivity index (χ3v) is 2.36. The fourth-order valence-corrected chi connectivity index (χ4v) is 1.31. The molecule has 0 fully saturated rings. The third-order valence-electron chi connectivity index (χ3n) is 2.12. The van der Waals surface area contributed by atoms with Crippen LogP contribution in [0, 0.1) is 0 Å². The van der Waals surface area contributed by atoms with Gasteiger partial charge in [-0.1, -0.05) is 0 Å². The van der Waals surface area contributed by atoms with E-state index in [0.29, 0.717) is 18.3 Å². The van der Waals surface area contributed by atoms with Crippen LogP contribution in [0.4, 0.5) is 0 Å². The summed E-state index contributed by atoms with van der Waals surface area (Å²) in [5, 5.41) is 34.9. The quantitative estimate of drug-likeness (QED) is 0.173. The molecule has 0 saturated heterocycles. The Balaban J connectivity index is 2.53. The van der Waals surface area contributed by atoms with Crippen molar-refractivity contribution in [2.75, 3.05) is 20.3 Å². The first-order chi connectivity index (χ1) is 9.06. The van der Waals surface area contributed by atoms with Gasteiger partial charge >= 0.3 is 0 Å². The molecule has 0 radical (unpaired) electrons. The average Bonchev–Trinajstić information content (AvgIpc) is 2.39. The van der Waals surface area contributed by atoms with Crippen LogP contribution in [0.25, 0.3) is 0 Å². The molecule has 1 aromatic rings. The smallest absolute Gasteiger partial charge is 0.200 e. The van der Waals surface area contributed by atoms with E-state index in [1.54, 1.807) is 7.11 Å². The zero-order valence-electron chi connectivity index (χ0n) is 10.3. The predicted octanol–water partition coefficient (Wildman–Crippen LogP) is 0.248. The highest BCUT2D eigenvalue weighted by Gasteiger charge is 2.08. The summed E-state index contributed by atoms with van der Waals surface area (Å²) in [6.07, 6.45) is 1.26. The number of phenols is 3. The van der Waals surface area contributed by atoms with Gasteiger partial charge in [0.25, 0.3) is 0 Å². The van der Waals surface area contributed by atoms with Crippen molar-refractivity contribution in [3.63, 3.8) is 0 Å². The summed E-state index contributed by atoms with van der Waals surface area (Å²) in [5.41, 5.74) is 2.77. The molecule has 0 unspecified atom stereocenters. The Hall–Kier alpha value is -2.06. The van der Waals surface area contributed by atoms with Crippen molar-refractivity contribution in [3.05, 3.63) is 17.7 Å². The lowest BCUT2D eigenvalue weighted by Gasteiger charge is -2.06. The molecule has 19 heavy (non-hydrogen) atoms. The van der Waals surface area contributed by atoms with Gasteiger partial charge in [0.05, 0.1) is 12.8 Å². The van der Waals surface area contributed by atoms with Crippen LogP contribution in [0.5, 0.6) is 17.2 Å². The fourth-order valence-electron chi connectivity index (χ4n) is 1.16. The maximum absolute atomic E-state index is 9.52. The first-order valence-corrected chi connectivity index (χ1v) is 5.76. The third kappa shape index (κ3) is 4.60. The molecule has 7 nitrogen and oxygen atoms in total. The van der Waals surface area contributed by atoms with E-state index in [4.69, 9.17) is 22.1 Å². The highest BCUT2D eigenvalue weighted by Crippen LogP contribution is 2.36. The predicted molar refractivity (Wildman–Crippen MR) is 74.6 cm³/mol. The number of rotatable bonds is 5. The number of thiocarbonyl (C=S) groups is 1. The van der Waals surface area contributed by atoms with E-state index in [-0.39, 0.29) is 5.56 Å². The molecular weight excluding hydrogens is 270 g/mol. The van der Waals surface area contributed by atoms with Crippen LogP contribution in [0.15, 0.2) is 17.2 Å². The number of phenolic OH excluding ortho intramolecular Hbond substituents is 3. The van der Waals surface area contributed by atoms with E-state index in [9.17, 15) is 10.2 Å². The molecule has 0 saturated carbocycles. The van der Waals surface area contributed by atoms with E-state index in [0.717, 1.165) is 0 Å². The second-order valence-corrected chi connectivity index (χ2v) is 3.90. The molecule has 0 amide bonds. The normalized spacial score (nSPS) is 10.6. The molecule has 5 N–H and O–H groups in total. The second-order valence-electron chi connectivity index (χ2n) is 3.49. The molecule has 0 spiro atoms. The zero-order chi connectivity index (χ0) is 14.3. The summed E-state index contributed by atoms with van der Waals surface area (Å²) in [4.78, 5) is 0. The van der Waals surface area contributed by atoms with E-state index in [1.807, 2.05) is 0 Å². The van der Waals surface area contributed by atoms with Crippen LogP contribution in [0.1, 0.15) is 5.56 Å². The number of aromatic hydroxyl groups is 3. The summed E-state index contributed by atoms with van der Waals surface area (Å²) in [6, 6.07) is 2.64. The van der Waals surface area contributed by atoms with Crippen LogP contribution in [-0.4, -0.2) is 46.9 Å². The van der Waals surface area contributed by atoms with Gasteiger partial charge in [0.2, 0.25) is 5.75 Å². The first-order valence-electron chi connectivity index (χ1n) is 5.36. The minimum Gasteiger partial charge on any atom is -0.504 e. The molecule has 0 heterocycles. The van der Waals surface area contributed by atoms with Crippen molar-refractivity contribution < 1.29 is 20.1 Å². The monoisotopic (exact) mass is 285 g/mol. The molecule has 104 valence electrons. The van der Waals surface area contributed by atoms with E-state index < -0.39 is 17.2 Å². The Labute approximate surface area is 115 Å². The molecule has 0 aliphatic rings. The fraction of sp³-hybridized carbons (Fsp3) is 0.273. The summed E-state index contributed by atoms with van der Waals surface area (Å²) in [5.74, 6) is -1.45. The van der Waals surface area contributed by atoms with Crippen LogP contribution in [-0.2, 0) is 4.74 Å². The van der Waals surface area contributed by atoms with Crippen LogP contribution >= 0.6 is 12.2 Å². The van der Waals surface area contributed by atoms with Crippen molar-refractivity contribution in [1.82, 2.24) is 10.7 Å². The molecule has 0 atom stereocenters. The Bertz CT molecular complexity index is 479. The highest BCUT2D eigenvalue weighted by molar-refractivity contribution is 7.80. The molecule has 1 rings (SSSR count).